The Morgan fingerprint density at radius 3 is 2.13 bits per heavy atom. The van der Waals surface area contributed by atoms with E-state index in [1.54, 1.807) is 6.07 Å². The molecular formula is C13H11ClO. The van der Waals surface area contributed by atoms with Gasteiger partial charge >= 0.3 is 0 Å². The van der Waals surface area contributed by atoms with Crippen molar-refractivity contribution in [2.24, 2.45) is 0 Å². The summed E-state index contributed by atoms with van der Waals surface area (Å²) in [5, 5.41) is 10.4. The second-order valence-electron chi connectivity index (χ2n) is 3.40. The maximum atomic E-state index is 9.62. The molecule has 0 amide bonds. The highest BCUT2D eigenvalue weighted by Gasteiger charge is 2.03. The molecule has 0 aliphatic carbocycles. The van der Waals surface area contributed by atoms with E-state index in [0.29, 0.717) is 12.2 Å². The average molecular weight is 219 g/mol. The van der Waals surface area contributed by atoms with E-state index in [4.69, 9.17) is 11.6 Å². The predicted octanol–water partition coefficient (Wildman–Crippen LogP) is 3.64. The van der Waals surface area contributed by atoms with Crippen LogP contribution in [0.4, 0.5) is 0 Å². The van der Waals surface area contributed by atoms with Crippen LogP contribution in [0.5, 0.6) is 5.75 Å². The monoisotopic (exact) mass is 218 g/mol. The molecule has 1 nitrogen and oxygen atoms in total. The third kappa shape index (κ3) is 2.31. The van der Waals surface area contributed by atoms with Crippen LogP contribution in [0.2, 0.25) is 5.02 Å². The highest BCUT2D eigenvalue weighted by molar-refractivity contribution is 6.31. The number of halogens is 1. The molecule has 1 N–H and O–H groups in total. The Balaban J connectivity index is 2.30. The first-order valence-electron chi connectivity index (χ1n) is 4.77. The van der Waals surface area contributed by atoms with Gasteiger partial charge in [-0.05, 0) is 23.3 Å². The van der Waals surface area contributed by atoms with Gasteiger partial charge in [0, 0.05) is 11.4 Å². The van der Waals surface area contributed by atoms with E-state index in [1.165, 1.54) is 0 Å². The first-order valence-corrected chi connectivity index (χ1v) is 5.15. The lowest BCUT2D eigenvalue weighted by Gasteiger charge is -2.05. The summed E-state index contributed by atoms with van der Waals surface area (Å²) in [7, 11) is 0. The van der Waals surface area contributed by atoms with Crippen molar-refractivity contribution in [1.29, 1.82) is 0 Å². The van der Waals surface area contributed by atoms with Crippen molar-refractivity contribution in [3.63, 3.8) is 0 Å². The predicted molar refractivity (Wildman–Crippen MR) is 62.4 cm³/mol. The largest absolute Gasteiger partial charge is 0.508 e. The normalized spacial score (nSPS) is 10.2. The van der Waals surface area contributed by atoms with Gasteiger partial charge in [-0.2, -0.15) is 0 Å². The van der Waals surface area contributed by atoms with Gasteiger partial charge < -0.3 is 5.11 Å². The first kappa shape index (κ1) is 10.1. The van der Waals surface area contributed by atoms with Gasteiger partial charge in [-0.15, -0.1) is 0 Å². The molecule has 15 heavy (non-hydrogen) atoms. The summed E-state index contributed by atoms with van der Waals surface area (Å²) in [6.07, 6.45) is 0.659. The minimum atomic E-state index is 0.317. The van der Waals surface area contributed by atoms with Gasteiger partial charge in [-0.1, -0.05) is 48.0 Å². The molecular weight excluding hydrogens is 208 g/mol. The lowest BCUT2D eigenvalue weighted by molar-refractivity contribution is 0.469. The summed E-state index contributed by atoms with van der Waals surface area (Å²) in [4.78, 5) is 0. The molecule has 0 heterocycles. The Bertz CT molecular complexity index is 422. The summed E-state index contributed by atoms with van der Waals surface area (Å²) >= 11 is 6.04. The Labute approximate surface area is 94.0 Å². The molecule has 0 unspecified atom stereocenters. The lowest BCUT2D eigenvalue weighted by Crippen LogP contribution is -1.89. The number of benzene rings is 2. The van der Waals surface area contributed by atoms with Gasteiger partial charge in [0.2, 0.25) is 0 Å². The van der Waals surface area contributed by atoms with E-state index >= 15 is 0 Å². The Morgan fingerprint density at radius 1 is 0.867 bits per heavy atom. The second-order valence-corrected chi connectivity index (χ2v) is 3.80. The summed E-state index contributed by atoms with van der Waals surface area (Å²) in [5.74, 6) is 0.317. The van der Waals surface area contributed by atoms with Crippen LogP contribution in [0.25, 0.3) is 0 Å². The van der Waals surface area contributed by atoms with E-state index in [9.17, 15) is 5.11 Å². The Kier molecular flexibility index (Phi) is 2.93. The fourth-order valence-electron chi connectivity index (χ4n) is 1.51. The van der Waals surface area contributed by atoms with Gasteiger partial charge in [0.1, 0.15) is 5.75 Å². The van der Waals surface area contributed by atoms with Gasteiger partial charge in [-0.25, -0.2) is 0 Å². The van der Waals surface area contributed by atoms with Crippen molar-refractivity contribution in [2.45, 2.75) is 6.42 Å². The molecule has 0 radical (unpaired) electrons. The van der Waals surface area contributed by atoms with Crippen molar-refractivity contribution in [3.05, 3.63) is 64.7 Å². The molecule has 0 saturated heterocycles. The standard InChI is InChI=1S/C13H11ClO/c14-12-7-3-1-5-10(12)9-11-6-2-4-8-13(11)15/h1-8,15H,9H2. The van der Waals surface area contributed by atoms with Crippen molar-refractivity contribution in [1.82, 2.24) is 0 Å². The van der Waals surface area contributed by atoms with Crippen LogP contribution in [-0.2, 0) is 6.42 Å². The molecule has 0 saturated carbocycles. The molecule has 0 aromatic heterocycles. The zero-order chi connectivity index (χ0) is 10.7. The molecule has 76 valence electrons. The van der Waals surface area contributed by atoms with Crippen LogP contribution in [0.15, 0.2) is 48.5 Å². The smallest absolute Gasteiger partial charge is 0.119 e. The number of phenols is 1. The number of hydrogen-bond acceptors (Lipinski definition) is 1. The number of hydrogen-bond donors (Lipinski definition) is 1. The third-order valence-corrected chi connectivity index (χ3v) is 2.70. The topological polar surface area (TPSA) is 20.2 Å². The van der Waals surface area contributed by atoms with E-state index in [1.807, 2.05) is 42.5 Å². The van der Waals surface area contributed by atoms with E-state index in [2.05, 4.69) is 0 Å². The number of aromatic hydroxyl groups is 1. The van der Waals surface area contributed by atoms with Crippen molar-refractivity contribution >= 4 is 11.6 Å². The lowest BCUT2D eigenvalue weighted by atomic mass is 10.0. The number of rotatable bonds is 2. The minimum absolute atomic E-state index is 0.317. The van der Waals surface area contributed by atoms with E-state index < -0.39 is 0 Å². The fraction of sp³-hybridized carbons (Fsp3) is 0.0769. The average Bonchev–Trinajstić information content (AvgIpc) is 2.24. The third-order valence-electron chi connectivity index (χ3n) is 2.33. The summed E-state index contributed by atoms with van der Waals surface area (Å²) in [6, 6.07) is 15.0. The highest BCUT2D eigenvalue weighted by atomic mass is 35.5. The molecule has 2 aromatic rings. The zero-order valence-electron chi connectivity index (χ0n) is 8.15. The molecule has 0 atom stereocenters. The zero-order valence-corrected chi connectivity index (χ0v) is 8.91. The highest BCUT2D eigenvalue weighted by Crippen LogP contribution is 2.23. The summed E-state index contributed by atoms with van der Waals surface area (Å²) in [6.45, 7) is 0. The van der Waals surface area contributed by atoms with Crippen molar-refractivity contribution in [2.75, 3.05) is 0 Å². The molecule has 2 aromatic carbocycles. The second kappa shape index (κ2) is 4.37. The number of para-hydroxylation sites is 1. The summed E-state index contributed by atoms with van der Waals surface area (Å²) < 4.78 is 0. The molecule has 0 bridgehead atoms. The van der Waals surface area contributed by atoms with Crippen LogP contribution in [0.1, 0.15) is 11.1 Å². The van der Waals surface area contributed by atoms with Crippen LogP contribution in [0, 0.1) is 0 Å². The van der Waals surface area contributed by atoms with E-state index in [-0.39, 0.29) is 0 Å². The maximum absolute atomic E-state index is 9.62. The number of phenolic OH excluding ortho intramolecular Hbond substituents is 1. The van der Waals surface area contributed by atoms with Crippen molar-refractivity contribution < 1.29 is 5.11 Å². The molecule has 0 fully saturated rings. The van der Waals surface area contributed by atoms with Crippen LogP contribution in [-0.4, -0.2) is 5.11 Å². The molecule has 2 heteroatoms. The van der Waals surface area contributed by atoms with Crippen LogP contribution in [0.3, 0.4) is 0 Å². The molecule has 0 aliphatic rings. The van der Waals surface area contributed by atoms with Gasteiger partial charge in [0.25, 0.3) is 0 Å². The minimum Gasteiger partial charge on any atom is -0.508 e. The fourth-order valence-corrected chi connectivity index (χ4v) is 1.71. The summed E-state index contributed by atoms with van der Waals surface area (Å²) in [5.41, 5.74) is 1.92. The quantitative estimate of drug-likeness (QED) is 0.816. The SMILES string of the molecule is Oc1ccccc1Cc1ccccc1Cl. The van der Waals surface area contributed by atoms with Gasteiger partial charge in [0.05, 0.1) is 0 Å². The van der Waals surface area contributed by atoms with Gasteiger partial charge in [-0.3, -0.25) is 0 Å². The van der Waals surface area contributed by atoms with Gasteiger partial charge in [0.15, 0.2) is 0 Å². The van der Waals surface area contributed by atoms with Crippen LogP contribution >= 0.6 is 11.6 Å². The Hall–Kier alpha value is -1.47. The maximum Gasteiger partial charge on any atom is 0.119 e. The Morgan fingerprint density at radius 2 is 1.47 bits per heavy atom. The molecule has 0 aliphatic heterocycles. The van der Waals surface area contributed by atoms with Crippen molar-refractivity contribution in [3.8, 4) is 5.75 Å². The molecule has 2 rings (SSSR count). The van der Waals surface area contributed by atoms with E-state index in [0.717, 1.165) is 16.1 Å². The van der Waals surface area contributed by atoms with Crippen LogP contribution < -0.4 is 0 Å². The first-order chi connectivity index (χ1) is 7.27. The molecule has 0 spiro atoms.